The van der Waals surface area contributed by atoms with Crippen LogP contribution in [0.4, 0.5) is 0 Å². The molecule has 1 aromatic rings. The van der Waals surface area contributed by atoms with Gasteiger partial charge in [-0.2, -0.15) is 0 Å². The number of carboxylic acid groups (broad SMARTS) is 1. The molecular formula is C34H53O7P. The van der Waals surface area contributed by atoms with Gasteiger partial charge < -0.3 is 24.4 Å². The van der Waals surface area contributed by atoms with Crippen molar-refractivity contribution in [3.63, 3.8) is 0 Å². The van der Waals surface area contributed by atoms with Crippen LogP contribution < -0.4 is 0 Å². The van der Waals surface area contributed by atoms with Crippen molar-refractivity contribution in [3.05, 3.63) is 34.4 Å². The first-order valence-electron chi connectivity index (χ1n) is 15.9. The van der Waals surface area contributed by atoms with Gasteiger partial charge >= 0.3 is 13.6 Å². The van der Waals surface area contributed by atoms with Crippen molar-refractivity contribution in [2.75, 3.05) is 13.2 Å². The first-order chi connectivity index (χ1) is 19.5. The number of allylic oxidation sites excluding steroid dienone is 2. The number of aliphatic carboxylic acids is 1. The van der Waals surface area contributed by atoms with E-state index in [1.165, 1.54) is 0 Å². The lowest BCUT2D eigenvalue weighted by Crippen LogP contribution is -2.52. The summed E-state index contributed by atoms with van der Waals surface area (Å²) in [6.45, 7) is 16.8. The Kier molecular flexibility index (Phi) is 9.13. The third kappa shape index (κ3) is 5.37. The van der Waals surface area contributed by atoms with Crippen LogP contribution in [-0.2, 0) is 23.8 Å². The Morgan fingerprint density at radius 1 is 1.02 bits per heavy atom. The van der Waals surface area contributed by atoms with Crippen molar-refractivity contribution in [3.8, 4) is 11.5 Å². The summed E-state index contributed by atoms with van der Waals surface area (Å²) < 4.78 is 26.2. The molecule has 3 N–H and O–H groups in total. The number of phenolic OH excluding ortho intramolecular Hbond substituents is 2. The molecule has 0 aliphatic heterocycles. The van der Waals surface area contributed by atoms with E-state index in [0.717, 1.165) is 56.1 Å². The minimum atomic E-state index is -3.68. The summed E-state index contributed by atoms with van der Waals surface area (Å²) in [6, 6.07) is 1.65. The van der Waals surface area contributed by atoms with Gasteiger partial charge in [-0.15, -0.1) is 0 Å². The molecule has 0 heterocycles. The summed E-state index contributed by atoms with van der Waals surface area (Å²) >= 11 is 0. The lowest BCUT2D eigenvalue weighted by Gasteiger charge is -2.59. The van der Waals surface area contributed by atoms with E-state index in [1.807, 2.05) is 6.92 Å². The van der Waals surface area contributed by atoms with E-state index in [9.17, 15) is 24.7 Å². The van der Waals surface area contributed by atoms with Gasteiger partial charge in [-0.1, -0.05) is 52.2 Å². The average Bonchev–Trinajstić information content (AvgIpc) is 2.93. The van der Waals surface area contributed by atoms with Gasteiger partial charge in [-0.25, -0.2) is 0 Å². The van der Waals surface area contributed by atoms with Crippen molar-refractivity contribution in [1.82, 2.24) is 0 Å². The monoisotopic (exact) mass is 604 g/mol. The SMILES string of the molecule is CCCC[C@@]1(C)CC[C@@](C)(C(=O)O)C[C@H]1[C@]1(C)CC[C@]2(C)C(=CC(P(=O)(OCC)OCC)c3c2cc(O)c(O)c3C)C1. The van der Waals surface area contributed by atoms with Gasteiger partial charge in [0, 0.05) is 5.41 Å². The molecule has 8 heteroatoms. The lowest BCUT2D eigenvalue weighted by atomic mass is 9.45. The van der Waals surface area contributed by atoms with E-state index in [0.29, 0.717) is 24.0 Å². The Morgan fingerprint density at radius 3 is 2.24 bits per heavy atom. The van der Waals surface area contributed by atoms with E-state index in [1.54, 1.807) is 26.8 Å². The average molecular weight is 605 g/mol. The molecule has 7 nitrogen and oxygen atoms in total. The van der Waals surface area contributed by atoms with Gasteiger partial charge in [0.25, 0.3) is 0 Å². The van der Waals surface area contributed by atoms with E-state index in [-0.39, 0.29) is 41.5 Å². The topological polar surface area (TPSA) is 113 Å². The van der Waals surface area contributed by atoms with Gasteiger partial charge in [-0.3, -0.25) is 9.36 Å². The number of phenols is 2. The molecule has 4 rings (SSSR count). The van der Waals surface area contributed by atoms with Crippen molar-refractivity contribution < 1.29 is 33.7 Å². The summed E-state index contributed by atoms with van der Waals surface area (Å²) in [5.41, 5.74) is 1.18. The molecule has 0 aromatic heterocycles. The number of benzene rings is 1. The van der Waals surface area contributed by atoms with Gasteiger partial charge in [-0.05, 0) is 112 Å². The second kappa shape index (κ2) is 11.6. The van der Waals surface area contributed by atoms with Crippen LogP contribution in [0.5, 0.6) is 11.5 Å². The number of hydrogen-bond acceptors (Lipinski definition) is 6. The zero-order valence-corrected chi connectivity index (χ0v) is 27.9. The van der Waals surface area contributed by atoms with Gasteiger partial charge in [0.15, 0.2) is 11.5 Å². The fourth-order valence-electron chi connectivity index (χ4n) is 8.68. The quantitative estimate of drug-likeness (QED) is 0.139. The maximum Gasteiger partial charge on any atom is 0.341 e. The second-order valence-corrected chi connectivity index (χ2v) is 16.5. The molecule has 236 valence electrons. The summed E-state index contributed by atoms with van der Waals surface area (Å²) in [5, 5.41) is 31.8. The van der Waals surface area contributed by atoms with Gasteiger partial charge in [0.2, 0.25) is 0 Å². The fraction of sp³-hybridized carbons (Fsp3) is 0.735. The van der Waals surface area contributed by atoms with E-state index >= 15 is 0 Å². The highest BCUT2D eigenvalue weighted by Crippen LogP contribution is 2.70. The van der Waals surface area contributed by atoms with Crippen molar-refractivity contribution in [1.29, 1.82) is 0 Å². The smallest absolute Gasteiger partial charge is 0.341 e. The standard InChI is InChI=1S/C34H53O7P/c1-9-12-13-31(5)14-15-33(7,30(37)38)21-27(31)32(6)16-17-34(8)23(20-32)18-26(42(39,40-10-2)41-11-3)28-22(4)29(36)25(35)19-24(28)34/h18-19,26-27,35-36H,9-17,20-21H2,1-8H3,(H,37,38)/t26?,27-,31+,32-,33-,34-/m1/s1. The number of rotatable bonds is 10. The van der Waals surface area contributed by atoms with E-state index in [4.69, 9.17) is 9.05 Å². The second-order valence-electron chi connectivity index (χ2n) is 14.4. The first-order valence-corrected chi connectivity index (χ1v) is 17.5. The number of carboxylic acids is 1. The molecule has 1 aromatic carbocycles. The molecule has 6 atom stereocenters. The molecule has 0 spiro atoms. The molecule has 3 aliphatic carbocycles. The lowest BCUT2D eigenvalue weighted by molar-refractivity contribution is -0.157. The van der Waals surface area contributed by atoms with Crippen molar-refractivity contribution in [2.24, 2.45) is 22.2 Å². The predicted molar refractivity (Wildman–Crippen MR) is 166 cm³/mol. The van der Waals surface area contributed by atoms with Crippen LogP contribution in [0.2, 0.25) is 0 Å². The summed E-state index contributed by atoms with van der Waals surface area (Å²) in [4.78, 5) is 12.5. The third-order valence-electron chi connectivity index (χ3n) is 11.5. The fourth-order valence-corrected chi connectivity index (χ4v) is 10.8. The summed E-state index contributed by atoms with van der Waals surface area (Å²) in [7, 11) is -3.68. The highest BCUT2D eigenvalue weighted by atomic mass is 31.2. The molecule has 0 radical (unpaired) electrons. The Labute approximate surface area is 252 Å². The zero-order chi connectivity index (χ0) is 31.3. The molecule has 1 unspecified atom stereocenters. The molecular weight excluding hydrogens is 551 g/mol. The zero-order valence-electron chi connectivity index (χ0n) is 27.0. The van der Waals surface area contributed by atoms with Crippen LogP contribution in [0.15, 0.2) is 17.7 Å². The Bertz CT molecular complexity index is 1280. The van der Waals surface area contributed by atoms with Crippen LogP contribution >= 0.6 is 7.60 Å². The Morgan fingerprint density at radius 2 is 1.67 bits per heavy atom. The number of unbranched alkanes of at least 4 members (excludes halogenated alkanes) is 1. The van der Waals surface area contributed by atoms with Crippen LogP contribution in [0.3, 0.4) is 0 Å². The molecule has 42 heavy (non-hydrogen) atoms. The molecule has 0 saturated heterocycles. The maximum atomic E-state index is 14.4. The van der Waals surface area contributed by atoms with Crippen LogP contribution in [0.25, 0.3) is 0 Å². The first kappa shape index (κ1) is 33.1. The molecule has 3 aliphatic rings. The van der Waals surface area contributed by atoms with E-state index in [2.05, 4.69) is 33.8 Å². The molecule has 2 fully saturated rings. The predicted octanol–water partition coefficient (Wildman–Crippen LogP) is 9.19. The largest absolute Gasteiger partial charge is 0.504 e. The van der Waals surface area contributed by atoms with Crippen LogP contribution in [0, 0.1) is 29.1 Å². The maximum absolute atomic E-state index is 14.4. The van der Waals surface area contributed by atoms with Crippen molar-refractivity contribution >= 4 is 13.6 Å². The number of hydrogen-bond donors (Lipinski definition) is 3. The number of aromatic hydroxyl groups is 2. The van der Waals surface area contributed by atoms with Gasteiger partial charge in [0.05, 0.1) is 18.6 Å². The minimum Gasteiger partial charge on any atom is -0.504 e. The Balaban J connectivity index is 1.88. The minimum absolute atomic E-state index is 0.0343. The highest BCUT2D eigenvalue weighted by molar-refractivity contribution is 7.54. The number of fused-ring (bicyclic) bond motifs is 3. The highest BCUT2D eigenvalue weighted by Gasteiger charge is 2.58. The van der Waals surface area contributed by atoms with Crippen LogP contribution in [0.1, 0.15) is 129 Å². The molecule has 0 amide bonds. The third-order valence-corrected chi connectivity index (χ3v) is 13.8. The Hall–Kier alpha value is -1.82. The molecule has 0 bridgehead atoms. The van der Waals surface area contributed by atoms with Gasteiger partial charge in [0.1, 0.15) is 5.66 Å². The number of carbonyl (C=O) groups is 1. The van der Waals surface area contributed by atoms with E-state index < -0.39 is 30.1 Å². The normalized spacial score (nSPS) is 34.8. The van der Waals surface area contributed by atoms with Crippen LogP contribution in [-0.4, -0.2) is 34.5 Å². The van der Waals surface area contributed by atoms with Crippen molar-refractivity contribution in [2.45, 2.75) is 124 Å². The molecule has 2 saturated carbocycles. The summed E-state index contributed by atoms with van der Waals surface area (Å²) in [6.07, 6.45) is 10.1. The summed E-state index contributed by atoms with van der Waals surface area (Å²) in [5.74, 6) is -0.890.